The van der Waals surface area contributed by atoms with E-state index < -0.39 is 10.9 Å². The molecule has 0 aromatic heterocycles. The van der Waals surface area contributed by atoms with E-state index in [0.29, 0.717) is 11.5 Å². The third-order valence-corrected chi connectivity index (χ3v) is 3.85. The molecule has 4 nitrogen and oxygen atoms in total. The summed E-state index contributed by atoms with van der Waals surface area (Å²) in [6, 6.07) is 5.44. The summed E-state index contributed by atoms with van der Waals surface area (Å²) in [4.78, 5) is 11.1. The number of Topliss-reactive ketones (excluding diaryl/α,β-unsaturated/α-hetero) is 1. The number of terminal acetylenes is 1. The molecule has 1 heterocycles. The van der Waals surface area contributed by atoms with Crippen molar-refractivity contribution in [1.29, 1.82) is 0 Å². The number of ether oxygens (including phenoxy) is 3. The minimum absolute atomic E-state index is 0.0281. The van der Waals surface area contributed by atoms with Crippen LogP contribution in [0.3, 0.4) is 0 Å². The molecule has 0 saturated heterocycles. The van der Waals surface area contributed by atoms with Crippen molar-refractivity contribution in [2.45, 2.75) is 17.9 Å². The predicted octanol–water partition coefficient (Wildman–Crippen LogP) is 2.46. The van der Waals surface area contributed by atoms with Crippen LogP contribution in [0.1, 0.15) is 18.6 Å². The van der Waals surface area contributed by atoms with Crippen LogP contribution < -0.4 is 9.47 Å². The molecule has 0 bridgehead atoms. The van der Waals surface area contributed by atoms with E-state index in [4.69, 9.17) is 20.6 Å². The van der Waals surface area contributed by atoms with Crippen molar-refractivity contribution < 1.29 is 19.0 Å². The Balaban J connectivity index is 2.27. The maximum absolute atomic E-state index is 11.5. The molecule has 2 rings (SSSR count). The van der Waals surface area contributed by atoms with Crippen LogP contribution in [0.4, 0.5) is 0 Å². The highest BCUT2D eigenvalue weighted by Crippen LogP contribution is 2.37. The van der Waals surface area contributed by atoms with Crippen molar-refractivity contribution in [3.05, 3.63) is 23.8 Å². The Kier molecular flexibility index (Phi) is 4.46. The van der Waals surface area contributed by atoms with E-state index in [-0.39, 0.29) is 19.2 Å². The summed E-state index contributed by atoms with van der Waals surface area (Å²) >= 11 is 3.34. The van der Waals surface area contributed by atoms with Crippen molar-refractivity contribution in [3.8, 4) is 23.8 Å². The Morgan fingerprint density at radius 1 is 1.53 bits per heavy atom. The lowest BCUT2D eigenvalue weighted by Crippen LogP contribution is -2.22. The number of halogens is 1. The van der Waals surface area contributed by atoms with Gasteiger partial charge in [0.25, 0.3) is 0 Å². The molecule has 1 aliphatic heterocycles. The second-order valence-electron chi connectivity index (χ2n) is 4.06. The largest absolute Gasteiger partial charge is 0.454 e. The van der Waals surface area contributed by atoms with E-state index in [2.05, 4.69) is 21.9 Å². The fraction of sp³-hybridized carbons (Fsp3) is 0.357. The molecule has 19 heavy (non-hydrogen) atoms. The molecular weight excluding hydrogens is 312 g/mol. The van der Waals surface area contributed by atoms with Crippen LogP contribution >= 0.6 is 15.9 Å². The van der Waals surface area contributed by atoms with Gasteiger partial charge in [0.1, 0.15) is 23.3 Å². The van der Waals surface area contributed by atoms with E-state index in [1.807, 2.05) is 6.07 Å². The minimum Gasteiger partial charge on any atom is -0.454 e. The van der Waals surface area contributed by atoms with Crippen molar-refractivity contribution >= 4 is 21.7 Å². The molecule has 1 aliphatic rings. The van der Waals surface area contributed by atoms with Gasteiger partial charge in [0.2, 0.25) is 6.79 Å². The lowest BCUT2D eigenvalue weighted by atomic mass is 10.0. The van der Waals surface area contributed by atoms with Crippen molar-refractivity contribution in [1.82, 2.24) is 0 Å². The molecule has 0 N–H and O–H groups in total. The average Bonchev–Trinajstić information content (AvgIpc) is 2.86. The molecule has 0 aliphatic carbocycles. The summed E-state index contributed by atoms with van der Waals surface area (Å²) in [6.45, 7) is 1.84. The van der Waals surface area contributed by atoms with E-state index >= 15 is 0 Å². The summed E-state index contributed by atoms with van der Waals surface area (Å²) in [6.07, 6.45) is 4.75. The first kappa shape index (κ1) is 13.9. The van der Waals surface area contributed by atoms with Gasteiger partial charge in [0.05, 0.1) is 0 Å². The van der Waals surface area contributed by atoms with Crippen molar-refractivity contribution in [3.63, 3.8) is 0 Å². The Labute approximate surface area is 120 Å². The Morgan fingerprint density at radius 2 is 2.26 bits per heavy atom. The van der Waals surface area contributed by atoms with Crippen LogP contribution in [0.15, 0.2) is 18.2 Å². The van der Waals surface area contributed by atoms with Gasteiger partial charge in [-0.25, -0.2) is 0 Å². The smallest absolute Gasteiger partial charge is 0.231 e. The second-order valence-corrected chi connectivity index (χ2v) is 5.05. The molecule has 100 valence electrons. The van der Waals surface area contributed by atoms with Crippen LogP contribution in [-0.2, 0) is 9.53 Å². The minimum atomic E-state index is -0.457. The molecule has 0 amide bonds. The van der Waals surface area contributed by atoms with E-state index in [1.165, 1.54) is 6.92 Å². The summed E-state index contributed by atoms with van der Waals surface area (Å²) in [5.74, 6) is 3.71. The fourth-order valence-corrected chi connectivity index (χ4v) is 2.25. The number of fused-ring (bicyclic) bond motifs is 1. The van der Waals surface area contributed by atoms with Crippen LogP contribution in [0.5, 0.6) is 11.5 Å². The molecule has 1 aromatic carbocycles. The van der Waals surface area contributed by atoms with E-state index in [9.17, 15) is 4.79 Å². The number of carbonyl (C=O) groups excluding carboxylic acids is 1. The summed E-state index contributed by atoms with van der Waals surface area (Å²) in [5.41, 5.74) is 0.816. The van der Waals surface area contributed by atoms with Crippen LogP contribution in [0.25, 0.3) is 0 Å². The quantitative estimate of drug-likeness (QED) is 0.616. The standard InChI is InChI=1S/C14H13BrO4/c1-3-6-17-14(13(15)9(2)16)10-4-5-11-12(7-10)19-8-18-11/h1,4-5,7,13-14H,6,8H2,2H3. The molecule has 0 spiro atoms. The number of rotatable bonds is 5. The third-order valence-electron chi connectivity index (χ3n) is 2.73. The molecule has 0 radical (unpaired) electrons. The average molecular weight is 325 g/mol. The Bertz CT molecular complexity index is 521. The topological polar surface area (TPSA) is 44.8 Å². The summed E-state index contributed by atoms with van der Waals surface area (Å²) in [7, 11) is 0. The normalized spacial score (nSPS) is 15.6. The van der Waals surface area contributed by atoms with Gasteiger partial charge in [-0.15, -0.1) is 6.42 Å². The molecule has 5 heteroatoms. The van der Waals surface area contributed by atoms with Gasteiger partial charge < -0.3 is 14.2 Å². The lowest BCUT2D eigenvalue weighted by molar-refractivity contribution is -0.118. The monoisotopic (exact) mass is 324 g/mol. The van der Waals surface area contributed by atoms with Gasteiger partial charge in [-0.05, 0) is 24.6 Å². The summed E-state index contributed by atoms with van der Waals surface area (Å²) < 4.78 is 16.1. The second kappa shape index (κ2) is 6.09. The highest BCUT2D eigenvalue weighted by molar-refractivity contribution is 9.10. The lowest BCUT2D eigenvalue weighted by Gasteiger charge is -2.21. The maximum atomic E-state index is 11.5. The highest BCUT2D eigenvalue weighted by Gasteiger charge is 2.27. The van der Waals surface area contributed by atoms with Gasteiger partial charge in [-0.2, -0.15) is 0 Å². The Morgan fingerprint density at radius 3 is 2.95 bits per heavy atom. The SMILES string of the molecule is C#CCOC(c1ccc2c(c1)OCO2)C(Br)C(C)=O. The van der Waals surface area contributed by atoms with Gasteiger partial charge >= 0.3 is 0 Å². The maximum Gasteiger partial charge on any atom is 0.231 e. The zero-order valence-corrected chi connectivity index (χ0v) is 12.0. The predicted molar refractivity (Wildman–Crippen MR) is 73.5 cm³/mol. The van der Waals surface area contributed by atoms with Gasteiger partial charge in [-0.1, -0.05) is 27.9 Å². The fourth-order valence-electron chi connectivity index (χ4n) is 1.79. The van der Waals surface area contributed by atoms with Crippen molar-refractivity contribution in [2.75, 3.05) is 13.4 Å². The van der Waals surface area contributed by atoms with Crippen LogP contribution in [0, 0.1) is 12.3 Å². The zero-order valence-electron chi connectivity index (χ0n) is 10.4. The van der Waals surface area contributed by atoms with Gasteiger partial charge in [0.15, 0.2) is 11.5 Å². The number of benzene rings is 1. The number of ketones is 1. The third kappa shape index (κ3) is 3.09. The first-order valence-electron chi connectivity index (χ1n) is 5.72. The summed E-state index contributed by atoms with van der Waals surface area (Å²) in [5, 5.41) is 0. The first-order chi connectivity index (χ1) is 9.13. The zero-order chi connectivity index (χ0) is 13.8. The van der Waals surface area contributed by atoms with E-state index in [1.54, 1.807) is 12.1 Å². The molecular formula is C14H13BrO4. The van der Waals surface area contributed by atoms with Crippen LogP contribution in [-0.4, -0.2) is 24.0 Å². The van der Waals surface area contributed by atoms with Gasteiger partial charge in [0, 0.05) is 0 Å². The first-order valence-corrected chi connectivity index (χ1v) is 6.64. The van der Waals surface area contributed by atoms with E-state index in [0.717, 1.165) is 5.56 Å². The van der Waals surface area contributed by atoms with Crippen LogP contribution in [0.2, 0.25) is 0 Å². The highest BCUT2D eigenvalue weighted by atomic mass is 79.9. The Hall–Kier alpha value is -1.51. The van der Waals surface area contributed by atoms with Gasteiger partial charge in [-0.3, -0.25) is 4.79 Å². The number of carbonyl (C=O) groups is 1. The molecule has 2 atom stereocenters. The molecule has 2 unspecified atom stereocenters. The number of alkyl halides is 1. The molecule has 0 fully saturated rings. The number of hydrogen-bond donors (Lipinski definition) is 0. The molecule has 0 saturated carbocycles. The van der Waals surface area contributed by atoms with Crippen molar-refractivity contribution in [2.24, 2.45) is 0 Å². The number of hydrogen-bond acceptors (Lipinski definition) is 4. The molecule has 1 aromatic rings.